The first-order chi connectivity index (χ1) is 6.34. The fourth-order valence-electron chi connectivity index (χ4n) is 1.21. The molecule has 0 saturated heterocycles. The summed E-state index contributed by atoms with van der Waals surface area (Å²) in [6, 6.07) is 10.1. The van der Waals surface area contributed by atoms with Gasteiger partial charge in [-0.1, -0.05) is 30.3 Å². The van der Waals surface area contributed by atoms with Gasteiger partial charge in [0.2, 0.25) is 0 Å². The molecule has 1 amide bonds. The highest BCUT2D eigenvalue weighted by Gasteiger charge is 2.14. The van der Waals surface area contributed by atoms with Crippen LogP contribution in [0.3, 0.4) is 0 Å². The minimum Gasteiger partial charge on any atom is -0.272 e. The van der Waals surface area contributed by atoms with Crippen LogP contribution in [0, 0.1) is 0 Å². The Kier molecular flexibility index (Phi) is 4.17. The van der Waals surface area contributed by atoms with Crippen molar-refractivity contribution in [2.24, 2.45) is 4.99 Å². The molecule has 1 aliphatic heterocycles. The number of carbonyl (C=O) groups is 1. The fourth-order valence-corrected chi connectivity index (χ4v) is 2.00. The average Bonchev–Trinajstić information content (AvgIpc) is 2.53. The van der Waals surface area contributed by atoms with Gasteiger partial charge in [-0.15, -0.1) is 24.2 Å². The minimum absolute atomic E-state index is 0. The fraction of sp³-hybridized carbons (Fsp3) is 0.200. The Balaban J connectivity index is 0.000000980. The Morgan fingerprint density at radius 3 is 2.57 bits per heavy atom. The quantitative estimate of drug-likeness (QED) is 0.776. The first-order valence-corrected chi connectivity index (χ1v) is 5.10. The molecule has 74 valence electrons. The number of rotatable bonds is 2. The first-order valence-electron chi connectivity index (χ1n) is 4.12. The van der Waals surface area contributed by atoms with Crippen LogP contribution in [0.4, 0.5) is 0 Å². The summed E-state index contributed by atoms with van der Waals surface area (Å²) in [6.07, 6.45) is 0.789. The highest BCUT2D eigenvalue weighted by Crippen LogP contribution is 2.16. The number of amides is 1. The van der Waals surface area contributed by atoms with E-state index in [2.05, 4.69) is 4.99 Å². The maximum Gasteiger partial charge on any atom is 0.256 e. The van der Waals surface area contributed by atoms with E-state index in [0.29, 0.717) is 5.75 Å². The van der Waals surface area contributed by atoms with Crippen LogP contribution in [0.1, 0.15) is 5.56 Å². The van der Waals surface area contributed by atoms with E-state index in [-0.39, 0.29) is 18.3 Å². The van der Waals surface area contributed by atoms with Gasteiger partial charge in [-0.3, -0.25) is 4.79 Å². The predicted octanol–water partition coefficient (Wildman–Crippen LogP) is 2.32. The molecule has 0 bridgehead atoms. The zero-order chi connectivity index (χ0) is 9.10. The molecule has 0 aromatic heterocycles. The molecule has 4 heteroatoms. The lowest BCUT2D eigenvalue weighted by Gasteiger charge is -1.97. The molecule has 0 atom stereocenters. The van der Waals surface area contributed by atoms with Gasteiger partial charge in [0, 0.05) is 6.42 Å². The smallest absolute Gasteiger partial charge is 0.256 e. The van der Waals surface area contributed by atoms with E-state index in [1.807, 2.05) is 30.3 Å². The van der Waals surface area contributed by atoms with E-state index in [9.17, 15) is 4.79 Å². The lowest BCUT2D eigenvalue weighted by atomic mass is 10.2. The van der Waals surface area contributed by atoms with Gasteiger partial charge in [0.05, 0.1) is 10.8 Å². The van der Waals surface area contributed by atoms with Gasteiger partial charge in [0.25, 0.3) is 5.91 Å². The molecule has 0 N–H and O–H groups in total. The third-order valence-corrected chi connectivity index (χ3v) is 2.77. The molecular weight excluding hydrogens is 218 g/mol. The molecule has 0 fully saturated rings. The summed E-state index contributed by atoms with van der Waals surface area (Å²) in [5.41, 5.74) is 1.21. The maximum absolute atomic E-state index is 10.8. The highest BCUT2D eigenvalue weighted by atomic mass is 35.5. The summed E-state index contributed by atoms with van der Waals surface area (Å²) in [5, 5.41) is 0.941. The Morgan fingerprint density at radius 2 is 2.00 bits per heavy atom. The lowest BCUT2D eigenvalue weighted by molar-refractivity contribution is -0.115. The van der Waals surface area contributed by atoms with Crippen LogP contribution in [0.5, 0.6) is 0 Å². The Hall–Kier alpha value is -0.800. The molecular formula is C10H10ClNOS. The van der Waals surface area contributed by atoms with Gasteiger partial charge in [-0.05, 0) is 5.56 Å². The van der Waals surface area contributed by atoms with Crippen molar-refractivity contribution in [1.82, 2.24) is 0 Å². The second kappa shape index (κ2) is 5.17. The highest BCUT2D eigenvalue weighted by molar-refractivity contribution is 8.15. The van der Waals surface area contributed by atoms with Gasteiger partial charge < -0.3 is 0 Å². The number of hydrogen-bond acceptors (Lipinski definition) is 2. The van der Waals surface area contributed by atoms with Crippen molar-refractivity contribution in [2.45, 2.75) is 6.42 Å². The molecule has 14 heavy (non-hydrogen) atoms. The zero-order valence-electron chi connectivity index (χ0n) is 7.47. The standard InChI is InChI=1S/C10H9NOS.ClH/c12-9-7-13-10(11-9)6-8-4-2-1-3-5-8;/h1-5H,6-7H2;1H. The van der Waals surface area contributed by atoms with Crippen LogP contribution in [0.15, 0.2) is 35.3 Å². The SMILES string of the molecule is Cl.O=C1CSC(Cc2ccccc2)=N1. The average molecular weight is 228 g/mol. The third-order valence-electron chi connectivity index (χ3n) is 1.81. The number of aliphatic imine (C=N–C) groups is 1. The second-order valence-electron chi connectivity index (χ2n) is 2.85. The number of halogens is 1. The van der Waals surface area contributed by atoms with E-state index in [0.717, 1.165) is 11.5 Å². The minimum atomic E-state index is -0.00377. The van der Waals surface area contributed by atoms with Crippen LogP contribution >= 0.6 is 24.2 Å². The van der Waals surface area contributed by atoms with Crippen molar-refractivity contribution in [3.05, 3.63) is 35.9 Å². The van der Waals surface area contributed by atoms with Crippen LogP contribution in [-0.2, 0) is 11.2 Å². The Morgan fingerprint density at radius 1 is 1.29 bits per heavy atom. The predicted molar refractivity (Wildman–Crippen MR) is 62.3 cm³/mol. The van der Waals surface area contributed by atoms with E-state index < -0.39 is 0 Å². The Bertz CT molecular complexity index is 350. The molecule has 0 spiro atoms. The van der Waals surface area contributed by atoms with E-state index in [4.69, 9.17) is 0 Å². The summed E-state index contributed by atoms with van der Waals surface area (Å²) < 4.78 is 0. The number of benzene rings is 1. The molecule has 0 saturated carbocycles. The van der Waals surface area contributed by atoms with Gasteiger partial charge >= 0.3 is 0 Å². The summed E-state index contributed by atoms with van der Waals surface area (Å²) in [6.45, 7) is 0. The van der Waals surface area contributed by atoms with Crippen molar-refractivity contribution >= 4 is 35.1 Å². The number of nitrogens with zero attached hydrogens (tertiary/aromatic N) is 1. The summed E-state index contributed by atoms with van der Waals surface area (Å²) >= 11 is 1.55. The number of carbonyl (C=O) groups excluding carboxylic acids is 1. The van der Waals surface area contributed by atoms with Crippen LogP contribution < -0.4 is 0 Å². The van der Waals surface area contributed by atoms with Gasteiger partial charge in [-0.2, -0.15) is 0 Å². The summed E-state index contributed by atoms with van der Waals surface area (Å²) in [7, 11) is 0. The van der Waals surface area contributed by atoms with Crippen molar-refractivity contribution in [3.8, 4) is 0 Å². The maximum atomic E-state index is 10.8. The molecule has 1 aliphatic rings. The van der Waals surface area contributed by atoms with Crippen LogP contribution in [0.25, 0.3) is 0 Å². The summed E-state index contributed by atoms with van der Waals surface area (Å²) in [5.74, 6) is 0.512. The van der Waals surface area contributed by atoms with Crippen LogP contribution in [-0.4, -0.2) is 16.7 Å². The van der Waals surface area contributed by atoms with Crippen LogP contribution in [0.2, 0.25) is 0 Å². The molecule has 2 rings (SSSR count). The number of thioether (sulfide) groups is 1. The van der Waals surface area contributed by atoms with Crippen molar-refractivity contribution < 1.29 is 4.79 Å². The van der Waals surface area contributed by atoms with Gasteiger partial charge in [-0.25, -0.2) is 4.99 Å². The molecule has 0 unspecified atom stereocenters. The first kappa shape index (κ1) is 11.3. The van der Waals surface area contributed by atoms with Crippen molar-refractivity contribution in [3.63, 3.8) is 0 Å². The van der Waals surface area contributed by atoms with Crippen molar-refractivity contribution in [1.29, 1.82) is 0 Å². The monoisotopic (exact) mass is 227 g/mol. The van der Waals surface area contributed by atoms with Gasteiger partial charge in [0.15, 0.2) is 0 Å². The third kappa shape index (κ3) is 2.86. The van der Waals surface area contributed by atoms with E-state index in [1.54, 1.807) is 11.8 Å². The molecule has 1 aromatic carbocycles. The van der Waals surface area contributed by atoms with Crippen molar-refractivity contribution in [2.75, 3.05) is 5.75 Å². The zero-order valence-corrected chi connectivity index (χ0v) is 9.11. The largest absolute Gasteiger partial charge is 0.272 e. The van der Waals surface area contributed by atoms with E-state index in [1.165, 1.54) is 5.56 Å². The molecule has 0 aliphatic carbocycles. The normalized spacial score (nSPS) is 14.9. The van der Waals surface area contributed by atoms with E-state index >= 15 is 0 Å². The Labute approximate surface area is 93.2 Å². The van der Waals surface area contributed by atoms with Gasteiger partial charge in [0.1, 0.15) is 0 Å². The molecule has 2 nitrogen and oxygen atoms in total. The number of hydrogen-bond donors (Lipinski definition) is 0. The second-order valence-corrected chi connectivity index (χ2v) is 3.90. The topological polar surface area (TPSA) is 29.4 Å². The molecule has 0 radical (unpaired) electrons. The molecule has 1 aromatic rings. The molecule has 1 heterocycles. The lowest BCUT2D eigenvalue weighted by Crippen LogP contribution is -1.94. The summed E-state index contributed by atoms with van der Waals surface area (Å²) in [4.78, 5) is 14.8.